The van der Waals surface area contributed by atoms with Gasteiger partial charge >= 0.3 is 0 Å². The molecular weight excluding hydrogens is 412 g/mol. The summed E-state index contributed by atoms with van der Waals surface area (Å²) in [6.45, 7) is 5.11. The van der Waals surface area contributed by atoms with Gasteiger partial charge in [-0.25, -0.2) is 8.42 Å². The number of amides is 1. The minimum absolute atomic E-state index is 0.0292. The molecule has 0 aliphatic carbocycles. The number of rotatable bonds is 7. The van der Waals surface area contributed by atoms with E-state index in [0.717, 1.165) is 41.8 Å². The van der Waals surface area contributed by atoms with Crippen LogP contribution in [0, 0.1) is 13.8 Å². The van der Waals surface area contributed by atoms with Gasteiger partial charge in [0.15, 0.2) is 0 Å². The van der Waals surface area contributed by atoms with Gasteiger partial charge in [-0.1, -0.05) is 18.6 Å². The number of aryl methyl sites for hydroxylation is 1. The first-order valence-electron chi connectivity index (χ1n) is 10.6. The van der Waals surface area contributed by atoms with Crippen molar-refractivity contribution in [1.82, 2.24) is 4.31 Å². The molecule has 0 aromatic heterocycles. The van der Waals surface area contributed by atoms with Gasteiger partial charge in [-0.15, -0.1) is 0 Å². The molecule has 0 bridgehead atoms. The molecule has 3 rings (SSSR count). The third-order valence-corrected chi connectivity index (χ3v) is 7.62. The fourth-order valence-electron chi connectivity index (χ4n) is 3.72. The van der Waals surface area contributed by atoms with E-state index in [1.165, 1.54) is 0 Å². The van der Waals surface area contributed by atoms with E-state index in [2.05, 4.69) is 10.6 Å². The summed E-state index contributed by atoms with van der Waals surface area (Å²) in [6, 6.07) is 10.8. The van der Waals surface area contributed by atoms with Crippen molar-refractivity contribution in [2.75, 3.05) is 49.3 Å². The van der Waals surface area contributed by atoms with Gasteiger partial charge in [0, 0.05) is 32.9 Å². The van der Waals surface area contributed by atoms with Crippen LogP contribution in [0.4, 0.5) is 17.1 Å². The number of carbonyl (C=O) groups excluding carboxylic acids is 1. The molecule has 1 saturated heterocycles. The number of sulfonamides is 1. The first kappa shape index (κ1) is 23.1. The van der Waals surface area contributed by atoms with E-state index in [1.54, 1.807) is 22.5 Å². The quantitative estimate of drug-likeness (QED) is 0.682. The SMILES string of the molecule is Cc1cccc(NC(=O)CNc2cc(S(=O)(=O)N3CCCCC3)ccc2N(C)C)c1C. The van der Waals surface area contributed by atoms with Crippen molar-refractivity contribution in [1.29, 1.82) is 0 Å². The van der Waals surface area contributed by atoms with Gasteiger partial charge in [0.2, 0.25) is 15.9 Å². The molecular formula is C23H32N4O3S. The lowest BCUT2D eigenvalue weighted by molar-refractivity contribution is -0.114. The molecule has 7 nitrogen and oxygen atoms in total. The Labute approximate surface area is 185 Å². The predicted octanol–water partition coefficient (Wildman–Crippen LogP) is 3.59. The molecule has 1 heterocycles. The highest BCUT2D eigenvalue weighted by Crippen LogP contribution is 2.30. The van der Waals surface area contributed by atoms with Crippen molar-refractivity contribution >= 4 is 33.0 Å². The summed E-state index contributed by atoms with van der Waals surface area (Å²) in [5.41, 5.74) is 4.34. The van der Waals surface area contributed by atoms with Gasteiger partial charge in [-0.3, -0.25) is 4.79 Å². The molecule has 1 aliphatic heterocycles. The molecule has 0 atom stereocenters. The fourth-order valence-corrected chi connectivity index (χ4v) is 5.26. The Kier molecular flexibility index (Phi) is 7.23. The lowest BCUT2D eigenvalue weighted by Gasteiger charge is -2.27. The van der Waals surface area contributed by atoms with E-state index < -0.39 is 10.0 Å². The van der Waals surface area contributed by atoms with E-state index in [1.807, 2.05) is 51.0 Å². The normalized spacial score (nSPS) is 14.8. The van der Waals surface area contributed by atoms with Crippen molar-refractivity contribution < 1.29 is 13.2 Å². The van der Waals surface area contributed by atoms with Crippen LogP contribution in [0.25, 0.3) is 0 Å². The lowest BCUT2D eigenvalue weighted by Crippen LogP contribution is -2.35. The van der Waals surface area contributed by atoms with Crippen molar-refractivity contribution in [3.05, 3.63) is 47.5 Å². The van der Waals surface area contributed by atoms with Crippen molar-refractivity contribution in [3.8, 4) is 0 Å². The van der Waals surface area contributed by atoms with Crippen LogP contribution >= 0.6 is 0 Å². The average molecular weight is 445 g/mol. The summed E-state index contributed by atoms with van der Waals surface area (Å²) in [6.07, 6.45) is 2.84. The smallest absolute Gasteiger partial charge is 0.243 e. The third kappa shape index (κ3) is 5.37. The number of piperidine rings is 1. The molecule has 0 spiro atoms. The van der Waals surface area contributed by atoms with Crippen LogP contribution in [0.5, 0.6) is 0 Å². The van der Waals surface area contributed by atoms with Crippen molar-refractivity contribution in [2.24, 2.45) is 0 Å². The predicted molar refractivity (Wildman–Crippen MR) is 126 cm³/mol. The molecule has 0 radical (unpaired) electrons. The monoisotopic (exact) mass is 444 g/mol. The van der Waals surface area contributed by atoms with Crippen LogP contribution in [-0.2, 0) is 14.8 Å². The zero-order valence-electron chi connectivity index (χ0n) is 18.7. The van der Waals surface area contributed by atoms with E-state index in [4.69, 9.17) is 0 Å². The Morgan fingerprint density at radius 3 is 2.42 bits per heavy atom. The standard InChI is InChI=1S/C23H32N4O3S/c1-17-9-8-10-20(18(17)2)25-23(28)16-24-21-15-19(11-12-22(21)26(3)4)31(29,30)27-13-6-5-7-14-27/h8-12,15,24H,5-7,13-14,16H2,1-4H3,(H,25,28). The van der Waals surface area contributed by atoms with Crippen LogP contribution < -0.4 is 15.5 Å². The summed E-state index contributed by atoms with van der Waals surface area (Å²) in [5.74, 6) is -0.192. The molecule has 1 amide bonds. The van der Waals surface area contributed by atoms with Crippen molar-refractivity contribution in [2.45, 2.75) is 38.0 Å². The van der Waals surface area contributed by atoms with E-state index in [0.29, 0.717) is 18.8 Å². The maximum Gasteiger partial charge on any atom is 0.243 e. The maximum atomic E-state index is 13.1. The molecule has 31 heavy (non-hydrogen) atoms. The van der Waals surface area contributed by atoms with Gasteiger partial charge in [-0.2, -0.15) is 4.31 Å². The van der Waals surface area contributed by atoms with Crippen LogP contribution in [0.2, 0.25) is 0 Å². The summed E-state index contributed by atoms with van der Waals surface area (Å²) in [5, 5.41) is 6.05. The molecule has 0 saturated carbocycles. The molecule has 2 aromatic rings. The molecule has 168 valence electrons. The molecule has 0 unspecified atom stereocenters. The second-order valence-corrected chi connectivity index (χ2v) is 10.1. The number of benzene rings is 2. The third-order valence-electron chi connectivity index (χ3n) is 5.72. The van der Waals surface area contributed by atoms with Crippen molar-refractivity contribution in [3.63, 3.8) is 0 Å². The number of nitrogens with zero attached hydrogens (tertiary/aromatic N) is 2. The first-order chi connectivity index (χ1) is 14.7. The Balaban J connectivity index is 1.78. The highest BCUT2D eigenvalue weighted by molar-refractivity contribution is 7.89. The topological polar surface area (TPSA) is 81.8 Å². The van der Waals surface area contributed by atoms with E-state index in [-0.39, 0.29) is 17.3 Å². The summed E-state index contributed by atoms with van der Waals surface area (Å²) < 4.78 is 27.7. The number of anilines is 3. The number of carbonyl (C=O) groups is 1. The number of hydrogen-bond donors (Lipinski definition) is 2. The van der Waals surface area contributed by atoms with Crippen LogP contribution in [0.15, 0.2) is 41.3 Å². The Hall–Kier alpha value is -2.58. The highest BCUT2D eigenvalue weighted by atomic mass is 32.2. The molecule has 2 aromatic carbocycles. The molecule has 1 aliphatic rings. The van der Waals surface area contributed by atoms with Gasteiger partial charge in [0.05, 0.1) is 22.8 Å². The highest BCUT2D eigenvalue weighted by Gasteiger charge is 2.26. The van der Waals surface area contributed by atoms with Crippen LogP contribution in [-0.4, -0.2) is 52.4 Å². The maximum absolute atomic E-state index is 13.1. The average Bonchev–Trinajstić information content (AvgIpc) is 2.75. The van der Waals surface area contributed by atoms with Crippen LogP contribution in [0.1, 0.15) is 30.4 Å². The second kappa shape index (κ2) is 9.70. The van der Waals surface area contributed by atoms with E-state index >= 15 is 0 Å². The van der Waals surface area contributed by atoms with E-state index in [9.17, 15) is 13.2 Å². The zero-order chi connectivity index (χ0) is 22.6. The molecule has 1 fully saturated rings. The van der Waals surface area contributed by atoms with Crippen LogP contribution in [0.3, 0.4) is 0 Å². The van der Waals surface area contributed by atoms with Gasteiger partial charge in [0.1, 0.15) is 0 Å². The zero-order valence-corrected chi connectivity index (χ0v) is 19.6. The Morgan fingerprint density at radius 1 is 1.03 bits per heavy atom. The fraction of sp³-hybridized carbons (Fsp3) is 0.435. The minimum atomic E-state index is -3.55. The summed E-state index contributed by atoms with van der Waals surface area (Å²) in [7, 11) is 0.219. The largest absolute Gasteiger partial charge is 0.376 e. The number of nitrogens with one attached hydrogen (secondary N) is 2. The number of hydrogen-bond acceptors (Lipinski definition) is 5. The second-order valence-electron chi connectivity index (χ2n) is 8.19. The van der Waals surface area contributed by atoms with Gasteiger partial charge in [0.25, 0.3) is 0 Å². The van der Waals surface area contributed by atoms with Gasteiger partial charge < -0.3 is 15.5 Å². The van der Waals surface area contributed by atoms with Gasteiger partial charge in [-0.05, 0) is 62.1 Å². The minimum Gasteiger partial charge on any atom is -0.376 e. The Bertz CT molecular complexity index is 1040. The summed E-state index contributed by atoms with van der Waals surface area (Å²) in [4.78, 5) is 14.7. The Morgan fingerprint density at radius 2 is 1.74 bits per heavy atom. The molecule has 2 N–H and O–H groups in total. The molecule has 8 heteroatoms. The lowest BCUT2D eigenvalue weighted by atomic mass is 10.1. The summed E-state index contributed by atoms with van der Waals surface area (Å²) >= 11 is 0. The first-order valence-corrected chi connectivity index (χ1v) is 12.1.